The number of rotatable bonds is 3. The second-order valence-electron chi connectivity index (χ2n) is 4.06. The Bertz CT molecular complexity index is 375. The van der Waals surface area contributed by atoms with E-state index in [0.29, 0.717) is 12.3 Å². The molecule has 0 radical (unpaired) electrons. The van der Waals surface area contributed by atoms with Crippen LogP contribution in [-0.2, 0) is 6.54 Å². The number of carboxylic acid groups (broad SMARTS) is 1. The number of nitrogens with zero attached hydrogens (tertiary/aromatic N) is 3. The quantitative estimate of drug-likeness (QED) is 0.857. The Morgan fingerprint density at radius 2 is 2.12 bits per heavy atom. The molecule has 0 amide bonds. The zero-order chi connectivity index (χ0) is 11.5. The van der Waals surface area contributed by atoms with E-state index in [1.54, 1.807) is 0 Å². The summed E-state index contributed by atoms with van der Waals surface area (Å²) in [5, 5.41) is 12.2. The van der Waals surface area contributed by atoms with Gasteiger partial charge in [0.05, 0.1) is 6.54 Å². The summed E-state index contributed by atoms with van der Waals surface area (Å²) >= 11 is 0. The highest BCUT2D eigenvalue weighted by Crippen LogP contribution is 2.09. The average Bonchev–Trinajstić information content (AvgIpc) is 2.70. The number of piperazine rings is 1. The zero-order valence-electron chi connectivity index (χ0n) is 9.63. The van der Waals surface area contributed by atoms with E-state index >= 15 is 0 Å². The van der Waals surface area contributed by atoms with E-state index < -0.39 is 5.97 Å². The van der Waals surface area contributed by atoms with E-state index in [4.69, 9.17) is 9.63 Å². The zero-order valence-corrected chi connectivity index (χ0v) is 10.4. The summed E-state index contributed by atoms with van der Waals surface area (Å²) in [4.78, 5) is 15.1. The molecule has 0 spiro atoms. The van der Waals surface area contributed by atoms with Crippen molar-refractivity contribution >= 4 is 18.4 Å². The number of aromatic carboxylic acids is 1. The van der Waals surface area contributed by atoms with E-state index in [2.05, 4.69) is 22.0 Å². The summed E-state index contributed by atoms with van der Waals surface area (Å²) in [6, 6.07) is 1.49. The van der Waals surface area contributed by atoms with Crippen molar-refractivity contribution < 1.29 is 14.4 Å². The van der Waals surface area contributed by atoms with Crippen LogP contribution in [0.4, 0.5) is 0 Å². The van der Waals surface area contributed by atoms with E-state index in [1.165, 1.54) is 6.07 Å². The van der Waals surface area contributed by atoms with Crippen LogP contribution in [0.2, 0.25) is 0 Å². The van der Waals surface area contributed by atoms with Crippen LogP contribution in [0.1, 0.15) is 16.2 Å². The number of hydrogen-bond acceptors (Lipinski definition) is 5. The molecule has 7 heteroatoms. The molecular weight excluding hydrogens is 246 g/mol. The summed E-state index contributed by atoms with van der Waals surface area (Å²) in [5.74, 6) is -0.435. The molecule has 2 rings (SSSR count). The first-order valence-electron chi connectivity index (χ1n) is 5.25. The van der Waals surface area contributed by atoms with Gasteiger partial charge in [-0.05, 0) is 7.05 Å². The largest absolute Gasteiger partial charge is 0.476 e. The fraction of sp³-hybridized carbons (Fsp3) is 0.600. The van der Waals surface area contributed by atoms with Crippen molar-refractivity contribution in [1.82, 2.24) is 15.0 Å². The standard InChI is InChI=1S/C10H15N3O3.ClH/c1-12-2-4-13(5-3-12)7-8-6-9(10(14)15)11-16-8;/h6H,2-5,7H2,1H3,(H,14,15);1H. The second-order valence-corrected chi connectivity index (χ2v) is 4.06. The third kappa shape index (κ3) is 3.69. The van der Waals surface area contributed by atoms with Crippen molar-refractivity contribution in [3.8, 4) is 0 Å². The first-order valence-corrected chi connectivity index (χ1v) is 5.25. The number of halogens is 1. The van der Waals surface area contributed by atoms with Crippen LogP contribution < -0.4 is 0 Å². The fourth-order valence-electron chi connectivity index (χ4n) is 1.71. The normalized spacial score (nSPS) is 17.7. The van der Waals surface area contributed by atoms with E-state index in [-0.39, 0.29) is 18.1 Å². The van der Waals surface area contributed by atoms with E-state index in [1.807, 2.05) is 0 Å². The lowest BCUT2D eigenvalue weighted by Crippen LogP contribution is -2.43. The van der Waals surface area contributed by atoms with Crippen LogP contribution in [-0.4, -0.2) is 59.3 Å². The van der Waals surface area contributed by atoms with Gasteiger partial charge in [0.15, 0.2) is 11.5 Å². The van der Waals surface area contributed by atoms with Crippen molar-refractivity contribution in [2.75, 3.05) is 33.2 Å². The Morgan fingerprint density at radius 1 is 1.47 bits per heavy atom. The summed E-state index contributed by atoms with van der Waals surface area (Å²) in [7, 11) is 2.09. The van der Waals surface area contributed by atoms with Gasteiger partial charge in [0.1, 0.15) is 0 Å². The topological polar surface area (TPSA) is 69.8 Å². The van der Waals surface area contributed by atoms with Gasteiger partial charge in [0.25, 0.3) is 0 Å². The molecule has 0 aliphatic carbocycles. The molecule has 1 N–H and O–H groups in total. The highest BCUT2D eigenvalue weighted by atomic mass is 35.5. The Morgan fingerprint density at radius 3 is 2.65 bits per heavy atom. The predicted molar refractivity (Wildman–Crippen MR) is 63.5 cm³/mol. The maximum Gasteiger partial charge on any atom is 0.358 e. The van der Waals surface area contributed by atoms with Gasteiger partial charge in [-0.1, -0.05) is 5.16 Å². The Balaban J connectivity index is 0.00000144. The third-order valence-electron chi connectivity index (χ3n) is 2.75. The Labute approximate surface area is 106 Å². The van der Waals surface area contributed by atoms with Crippen LogP contribution in [0, 0.1) is 0 Å². The Kier molecular flexibility index (Phi) is 4.92. The molecule has 1 aromatic rings. The molecule has 96 valence electrons. The van der Waals surface area contributed by atoms with Crippen LogP contribution in [0.5, 0.6) is 0 Å². The van der Waals surface area contributed by atoms with Crippen LogP contribution in [0.3, 0.4) is 0 Å². The molecular formula is C10H16ClN3O3. The van der Waals surface area contributed by atoms with Gasteiger partial charge in [-0.15, -0.1) is 12.4 Å². The average molecular weight is 262 g/mol. The summed E-state index contributed by atoms with van der Waals surface area (Å²) in [6.45, 7) is 4.63. The number of carboxylic acids is 1. The predicted octanol–water partition coefficient (Wildman–Crippen LogP) is 0.542. The fourth-order valence-corrected chi connectivity index (χ4v) is 1.71. The third-order valence-corrected chi connectivity index (χ3v) is 2.75. The van der Waals surface area contributed by atoms with Crippen molar-refractivity contribution in [2.24, 2.45) is 0 Å². The number of aromatic nitrogens is 1. The minimum atomic E-state index is -1.05. The van der Waals surface area contributed by atoms with Gasteiger partial charge >= 0.3 is 5.97 Å². The molecule has 0 unspecified atom stereocenters. The maximum atomic E-state index is 10.6. The molecule has 0 aromatic carbocycles. The van der Waals surface area contributed by atoms with Gasteiger partial charge in [0, 0.05) is 32.2 Å². The second kappa shape index (κ2) is 6.00. The highest BCUT2D eigenvalue weighted by molar-refractivity contribution is 5.85. The first-order chi connectivity index (χ1) is 7.65. The molecule has 1 aliphatic heterocycles. The molecule has 0 saturated carbocycles. The van der Waals surface area contributed by atoms with Crippen molar-refractivity contribution in [3.05, 3.63) is 17.5 Å². The number of likely N-dealkylation sites (N-methyl/N-ethyl adjacent to an activating group) is 1. The van der Waals surface area contributed by atoms with E-state index in [0.717, 1.165) is 26.2 Å². The molecule has 0 atom stereocenters. The minimum absolute atomic E-state index is 0. The lowest BCUT2D eigenvalue weighted by Gasteiger charge is -2.31. The monoisotopic (exact) mass is 261 g/mol. The van der Waals surface area contributed by atoms with Crippen LogP contribution >= 0.6 is 12.4 Å². The highest BCUT2D eigenvalue weighted by Gasteiger charge is 2.17. The minimum Gasteiger partial charge on any atom is -0.476 e. The van der Waals surface area contributed by atoms with Crippen LogP contribution in [0.25, 0.3) is 0 Å². The SMILES string of the molecule is CN1CCN(Cc2cc(C(=O)O)no2)CC1.Cl. The molecule has 1 aliphatic rings. The van der Waals surface area contributed by atoms with Gasteiger partial charge in [0.2, 0.25) is 0 Å². The maximum absolute atomic E-state index is 10.6. The summed E-state index contributed by atoms with van der Waals surface area (Å²) in [6.07, 6.45) is 0. The van der Waals surface area contributed by atoms with Crippen LogP contribution in [0.15, 0.2) is 10.6 Å². The summed E-state index contributed by atoms with van der Waals surface area (Å²) < 4.78 is 4.97. The van der Waals surface area contributed by atoms with Gasteiger partial charge in [-0.25, -0.2) is 4.79 Å². The molecule has 0 bridgehead atoms. The smallest absolute Gasteiger partial charge is 0.358 e. The van der Waals surface area contributed by atoms with E-state index in [9.17, 15) is 4.79 Å². The first kappa shape index (κ1) is 14.0. The van der Waals surface area contributed by atoms with Crippen molar-refractivity contribution in [2.45, 2.75) is 6.54 Å². The molecule has 1 aromatic heterocycles. The molecule has 6 nitrogen and oxygen atoms in total. The van der Waals surface area contributed by atoms with Gasteiger partial charge < -0.3 is 14.5 Å². The molecule has 1 fully saturated rings. The Hall–Kier alpha value is -1.11. The van der Waals surface area contributed by atoms with Gasteiger partial charge in [-0.3, -0.25) is 4.90 Å². The van der Waals surface area contributed by atoms with Crippen molar-refractivity contribution in [3.63, 3.8) is 0 Å². The molecule has 17 heavy (non-hydrogen) atoms. The molecule has 2 heterocycles. The molecule has 1 saturated heterocycles. The number of hydrogen-bond donors (Lipinski definition) is 1. The lowest BCUT2D eigenvalue weighted by molar-refractivity contribution is 0.0685. The number of carbonyl (C=O) groups is 1. The van der Waals surface area contributed by atoms with Crippen molar-refractivity contribution in [1.29, 1.82) is 0 Å². The lowest BCUT2D eigenvalue weighted by atomic mass is 10.3. The van der Waals surface area contributed by atoms with Gasteiger partial charge in [-0.2, -0.15) is 0 Å². The summed E-state index contributed by atoms with van der Waals surface area (Å²) in [5.41, 5.74) is -0.0240.